The number of carbonyl (C=O) groups excluding carboxylic acids is 1. The fraction of sp³-hybridized carbons (Fsp3) is 0.182. The standard InChI is InChI=1S/C22H22N2O3/c1-4-13-24(19-10-6-5-7-11-19)22(25)18-9-8-12-20(14-18)26-15-21-16(2)23-27-17(21)3/h4-12,14H,1,13,15H2,2-3H3. The highest BCUT2D eigenvalue weighted by Crippen LogP contribution is 2.21. The Bertz CT molecular complexity index is 912. The summed E-state index contributed by atoms with van der Waals surface area (Å²) in [6.07, 6.45) is 1.71. The van der Waals surface area contributed by atoms with Gasteiger partial charge in [0.2, 0.25) is 0 Å². The van der Waals surface area contributed by atoms with Gasteiger partial charge in [-0.05, 0) is 44.2 Å². The summed E-state index contributed by atoms with van der Waals surface area (Å²) in [5, 5.41) is 3.93. The van der Waals surface area contributed by atoms with E-state index in [-0.39, 0.29) is 5.91 Å². The SMILES string of the molecule is C=CCN(C(=O)c1cccc(OCc2c(C)noc2C)c1)c1ccccc1. The Morgan fingerprint density at radius 3 is 2.63 bits per heavy atom. The highest BCUT2D eigenvalue weighted by atomic mass is 16.5. The van der Waals surface area contributed by atoms with Crippen molar-refractivity contribution in [2.45, 2.75) is 20.5 Å². The molecular weight excluding hydrogens is 340 g/mol. The van der Waals surface area contributed by atoms with E-state index in [0.717, 1.165) is 22.7 Å². The Balaban J connectivity index is 1.79. The van der Waals surface area contributed by atoms with Crippen LogP contribution in [0, 0.1) is 13.8 Å². The number of rotatable bonds is 7. The van der Waals surface area contributed by atoms with Crippen LogP contribution in [0.1, 0.15) is 27.4 Å². The Kier molecular flexibility index (Phi) is 5.71. The van der Waals surface area contributed by atoms with Gasteiger partial charge >= 0.3 is 0 Å². The summed E-state index contributed by atoms with van der Waals surface area (Å²) < 4.78 is 11.0. The molecule has 0 unspecified atom stereocenters. The van der Waals surface area contributed by atoms with Gasteiger partial charge in [0.15, 0.2) is 0 Å². The third kappa shape index (κ3) is 4.26. The van der Waals surface area contributed by atoms with Crippen molar-refractivity contribution in [2.75, 3.05) is 11.4 Å². The van der Waals surface area contributed by atoms with Gasteiger partial charge in [-0.3, -0.25) is 4.79 Å². The van der Waals surface area contributed by atoms with E-state index in [1.54, 1.807) is 23.1 Å². The molecular formula is C22H22N2O3. The average Bonchev–Trinajstić information content (AvgIpc) is 3.02. The smallest absolute Gasteiger partial charge is 0.258 e. The van der Waals surface area contributed by atoms with Crippen LogP contribution in [0.5, 0.6) is 5.75 Å². The van der Waals surface area contributed by atoms with E-state index in [2.05, 4.69) is 11.7 Å². The monoisotopic (exact) mass is 362 g/mol. The maximum absolute atomic E-state index is 13.0. The van der Waals surface area contributed by atoms with Crippen LogP contribution in [0.4, 0.5) is 5.69 Å². The Labute approximate surface area is 158 Å². The molecule has 0 saturated carbocycles. The zero-order chi connectivity index (χ0) is 19.2. The number of aryl methyl sites for hydroxylation is 2. The second-order valence-electron chi connectivity index (χ2n) is 6.16. The van der Waals surface area contributed by atoms with E-state index >= 15 is 0 Å². The molecule has 0 saturated heterocycles. The van der Waals surface area contributed by atoms with Crippen molar-refractivity contribution >= 4 is 11.6 Å². The largest absolute Gasteiger partial charge is 0.489 e. The molecule has 5 nitrogen and oxygen atoms in total. The molecule has 27 heavy (non-hydrogen) atoms. The number of aromatic nitrogens is 1. The van der Waals surface area contributed by atoms with Crippen LogP contribution in [-0.2, 0) is 6.61 Å². The van der Waals surface area contributed by atoms with E-state index in [0.29, 0.717) is 24.5 Å². The minimum absolute atomic E-state index is 0.108. The zero-order valence-corrected chi connectivity index (χ0v) is 15.5. The lowest BCUT2D eigenvalue weighted by Gasteiger charge is -2.21. The number of para-hydroxylation sites is 1. The molecule has 138 valence electrons. The van der Waals surface area contributed by atoms with Gasteiger partial charge in [-0.1, -0.05) is 35.5 Å². The third-order valence-electron chi connectivity index (χ3n) is 4.27. The summed E-state index contributed by atoms with van der Waals surface area (Å²) >= 11 is 0. The topological polar surface area (TPSA) is 55.6 Å². The van der Waals surface area contributed by atoms with Crippen LogP contribution < -0.4 is 9.64 Å². The Morgan fingerprint density at radius 2 is 1.96 bits per heavy atom. The molecule has 2 aromatic carbocycles. The molecule has 5 heteroatoms. The first-order valence-corrected chi connectivity index (χ1v) is 8.72. The van der Waals surface area contributed by atoms with Crippen LogP contribution in [0.3, 0.4) is 0 Å². The van der Waals surface area contributed by atoms with Crippen molar-refractivity contribution in [3.8, 4) is 5.75 Å². The van der Waals surface area contributed by atoms with Gasteiger partial charge in [0, 0.05) is 17.8 Å². The zero-order valence-electron chi connectivity index (χ0n) is 15.5. The van der Waals surface area contributed by atoms with E-state index < -0.39 is 0 Å². The summed E-state index contributed by atoms with van der Waals surface area (Å²) in [5.41, 5.74) is 3.10. The van der Waals surface area contributed by atoms with Gasteiger partial charge in [0.1, 0.15) is 18.1 Å². The van der Waals surface area contributed by atoms with E-state index in [9.17, 15) is 4.79 Å². The molecule has 1 aromatic heterocycles. The molecule has 1 heterocycles. The number of benzene rings is 2. The first-order chi connectivity index (χ1) is 13.1. The number of amides is 1. The molecule has 0 fully saturated rings. The highest BCUT2D eigenvalue weighted by Gasteiger charge is 2.17. The molecule has 0 atom stereocenters. The molecule has 0 aliphatic rings. The van der Waals surface area contributed by atoms with Gasteiger partial charge in [0.25, 0.3) is 5.91 Å². The van der Waals surface area contributed by atoms with Crippen molar-refractivity contribution in [1.82, 2.24) is 5.16 Å². The Morgan fingerprint density at radius 1 is 1.19 bits per heavy atom. The van der Waals surface area contributed by atoms with E-state index in [4.69, 9.17) is 9.26 Å². The van der Waals surface area contributed by atoms with E-state index in [1.807, 2.05) is 56.3 Å². The molecule has 0 bridgehead atoms. The maximum Gasteiger partial charge on any atom is 0.258 e. The summed E-state index contributed by atoms with van der Waals surface area (Å²) in [7, 11) is 0. The minimum Gasteiger partial charge on any atom is -0.489 e. The predicted molar refractivity (Wildman–Crippen MR) is 105 cm³/mol. The molecule has 1 amide bonds. The lowest BCUT2D eigenvalue weighted by atomic mass is 10.1. The van der Waals surface area contributed by atoms with Crippen molar-refractivity contribution in [3.05, 3.63) is 89.8 Å². The second kappa shape index (κ2) is 8.36. The summed E-state index contributed by atoms with van der Waals surface area (Å²) in [6, 6.07) is 16.7. The van der Waals surface area contributed by atoms with E-state index in [1.165, 1.54) is 0 Å². The predicted octanol–water partition coefficient (Wildman–Crippen LogP) is 4.70. The lowest BCUT2D eigenvalue weighted by Crippen LogP contribution is -2.30. The first kappa shape index (κ1) is 18.5. The molecule has 3 aromatic rings. The van der Waals surface area contributed by atoms with Crippen molar-refractivity contribution < 1.29 is 14.1 Å². The number of hydrogen-bond acceptors (Lipinski definition) is 4. The Hall–Kier alpha value is -3.34. The van der Waals surface area contributed by atoms with Crippen molar-refractivity contribution in [2.24, 2.45) is 0 Å². The molecule has 3 rings (SSSR count). The van der Waals surface area contributed by atoms with Crippen LogP contribution in [0.25, 0.3) is 0 Å². The van der Waals surface area contributed by atoms with Crippen molar-refractivity contribution in [1.29, 1.82) is 0 Å². The minimum atomic E-state index is -0.108. The van der Waals surface area contributed by atoms with Gasteiger partial charge in [-0.25, -0.2) is 0 Å². The highest BCUT2D eigenvalue weighted by molar-refractivity contribution is 6.06. The normalized spacial score (nSPS) is 10.4. The summed E-state index contributed by atoms with van der Waals surface area (Å²) in [5.74, 6) is 1.25. The number of hydrogen-bond donors (Lipinski definition) is 0. The molecule has 0 spiro atoms. The second-order valence-corrected chi connectivity index (χ2v) is 6.16. The van der Waals surface area contributed by atoms with Gasteiger partial charge in [0.05, 0.1) is 11.3 Å². The van der Waals surface area contributed by atoms with Crippen molar-refractivity contribution in [3.63, 3.8) is 0 Å². The van der Waals surface area contributed by atoms with Crippen LogP contribution in [0.15, 0.2) is 71.8 Å². The molecule has 0 N–H and O–H groups in total. The fourth-order valence-electron chi connectivity index (χ4n) is 2.78. The van der Waals surface area contributed by atoms with Gasteiger partial charge < -0.3 is 14.2 Å². The quantitative estimate of drug-likeness (QED) is 0.572. The van der Waals surface area contributed by atoms with Crippen LogP contribution in [-0.4, -0.2) is 17.6 Å². The first-order valence-electron chi connectivity index (χ1n) is 8.72. The maximum atomic E-state index is 13.0. The lowest BCUT2D eigenvalue weighted by molar-refractivity contribution is 0.0989. The number of nitrogens with zero attached hydrogens (tertiary/aromatic N) is 2. The third-order valence-corrected chi connectivity index (χ3v) is 4.27. The number of ether oxygens (including phenoxy) is 1. The van der Waals surface area contributed by atoms with Gasteiger partial charge in [-0.15, -0.1) is 6.58 Å². The molecule has 0 aliphatic carbocycles. The summed E-state index contributed by atoms with van der Waals surface area (Å²) in [4.78, 5) is 14.7. The fourth-order valence-corrected chi connectivity index (χ4v) is 2.78. The number of anilines is 1. The average molecular weight is 362 g/mol. The van der Waals surface area contributed by atoms with Crippen LogP contribution >= 0.6 is 0 Å². The number of carbonyl (C=O) groups is 1. The van der Waals surface area contributed by atoms with Crippen LogP contribution in [0.2, 0.25) is 0 Å². The molecule has 0 radical (unpaired) electrons. The van der Waals surface area contributed by atoms with Gasteiger partial charge in [-0.2, -0.15) is 0 Å². The molecule has 0 aliphatic heterocycles. The summed E-state index contributed by atoms with van der Waals surface area (Å²) in [6.45, 7) is 8.26.